The van der Waals surface area contributed by atoms with Crippen LogP contribution < -0.4 is 10.1 Å². The molecule has 1 aromatic carbocycles. The summed E-state index contributed by atoms with van der Waals surface area (Å²) in [7, 11) is 0. The molecule has 2 atom stereocenters. The van der Waals surface area contributed by atoms with Crippen LogP contribution in [0.4, 0.5) is 0 Å². The molecule has 1 aromatic rings. The van der Waals surface area contributed by atoms with Crippen molar-refractivity contribution >= 4 is 5.97 Å². The smallest absolute Gasteiger partial charge is 0.322 e. The molecule has 2 N–H and O–H groups in total. The van der Waals surface area contributed by atoms with Crippen molar-refractivity contribution < 1.29 is 19.4 Å². The predicted molar refractivity (Wildman–Crippen MR) is 81.4 cm³/mol. The fourth-order valence-corrected chi connectivity index (χ4v) is 1.77. The monoisotopic (exact) mass is 295 g/mol. The van der Waals surface area contributed by atoms with Crippen molar-refractivity contribution in [1.29, 1.82) is 0 Å². The van der Waals surface area contributed by atoms with Gasteiger partial charge in [0, 0.05) is 6.54 Å². The van der Waals surface area contributed by atoms with Crippen LogP contribution in [-0.2, 0) is 16.0 Å². The first-order chi connectivity index (χ1) is 10.1. The van der Waals surface area contributed by atoms with Crippen LogP contribution in [0.3, 0.4) is 0 Å². The zero-order chi connectivity index (χ0) is 15.7. The van der Waals surface area contributed by atoms with E-state index in [2.05, 4.69) is 12.2 Å². The molecule has 2 unspecified atom stereocenters. The van der Waals surface area contributed by atoms with E-state index in [1.165, 1.54) is 5.56 Å². The van der Waals surface area contributed by atoms with Gasteiger partial charge in [-0.3, -0.25) is 4.79 Å². The van der Waals surface area contributed by atoms with Crippen molar-refractivity contribution in [3.8, 4) is 5.75 Å². The minimum atomic E-state index is -0.688. The van der Waals surface area contributed by atoms with Gasteiger partial charge in [-0.25, -0.2) is 0 Å². The van der Waals surface area contributed by atoms with Crippen molar-refractivity contribution in [2.24, 2.45) is 0 Å². The van der Waals surface area contributed by atoms with E-state index in [-0.39, 0.29) is 19.1 Å². The van der Waals surface area contributed by atoms with E-state index in [1.807, 2.05) is 24.3 Å². The first-order valence-electron chi connectivity index (χ1n) is 7.36. The Morgan fingerprint density at radius 2 is 2.14 bits per heavy atom. The Labute approximate surface area is 126 Å². The number of rotatable bonds is 9. The van der Waals surface area contributed by atoms with Gasteiger partial charge in [-0.15, -0.1) is 0 Å². The molecular weight excluding hydrogens is 270 g/mol. The van der Waals surface area contributed by atoms with Crippen LogP contribution >= 0.6 is 0 Å². The fraction of sp³-hybridized carbons (Fsp3) is 0.562. The van der Waals surface area contributed by atoms with E-state index in [1.54, 1.807) is 13.8 Å². The molecule has 0 saturated heterocycles. The van der Waals surface area contributed by atoms with Gasteiger partial charge in [0.05, 0.1) is 6.61 Å². The van der Waals surface area contributed by atoms with E-state index in [0.29, 0.717) is 6.61 Å². The number of aliphatic hydroxyl groups excluding tert-OH is 1. The van der Waals surface area contributed by atoms with E-state index < -0.39 is 12.1 Å². The Bertz CT molecular complexity index is 436. The minimum absolute atomic E-state index is 0.176. The maximum Gasteiger partial charge on any atom is 0.322 e. The van der Waals surface area contributed by atoms with Crippen LogP contribution in [0.1, 0.15) is 26.3 Å². The summed E-state index contributed by atoms with van der Waals surface area (Å²) in [5.74, 6) is 0.424. The van der Waals surface area contributed by atoms with Gasteiger partial charge in [0.2, 0.25) is 0 Å². The van der Waals surface area contributed by atoms with Crippen LogP contribution in [0.2, 0.25) is 0 Å². The average molecular weight is 295 g/mol. The summed E-state index contributed by atoms with van der Waals surface area (Å²) in [4.78, 5) is 11.4. The standard InChI is InChI=1S/C16H25NO4/c1-4-13-7-6-8-15(9-13)21-11-14(18)10-17-12(3)16(19)20-5-2/h6-9,12,14,17-18H,4-5,10-11H2,1-3H3. The SMILES string of the molecule is CCOC(=O)C(C)NCC(O)COc1cccc(CC)c1. The molecular formula is C16H25NO4. The van der Waals surface area contributed by atoms with Gasteiger partial charge < -0.3 is 19.9 Å². The zero-order valence-electron chi connectivity index (χ0n) is 13.0. The lowest BCUT2D eigenvalue weighted by Gasteiger charge is -2.16. The first-order valence-corrected chi connectivity index (χ1v) is 7.36. The number of carbonyl (C=O) groups excluding carboxylic acids is 1. The average Bonchev–Trinajstić information content (AvgIpc) is 2.50. The summed E-state index contributed by atoms with van der Waals surface area (Å²) in [5.41, 5.74) is 1.19. The molecule has 0 bridgehead atoms. The van der Waals surface area contributed by atoms with Crippen molar-refractivity contribution in [3.63, 3.8) is 0 Å². The van der Waals surface area contributed by atoms with Crippen molar-refractivity contribution in [2.45, 2.75) is 39.3 Å². The van der Waals surface area contributed by atoms with E-state index in [4.69, 9.17) is 9.47 Å². The molecule has 21 heavy (non-hydrogen) atoms. The summed E-state index contributed by atoms with van der Waals surface area (Å²) in [6.07, 6.45) is 0.255. The molecule has 1 rings (SSSR count). The molecule has 0 aliphatic rings. The molecule has 0 radical (unpaired) electrons. The summed E-state index contributed by atoms with van der Waals surface area (Å²) in [6.45, 7) is 6.34. The Morgan fingerprint density at radius 3 is 2.81 bits per heavy atom. The number of benzene rings is 1. The fourth-order valence-electron chi connectivity index (χ4n) is 1.77. The number of hydrogen-bond donors (Lipinski definition) is 2. The number of aryl methyl sites for hydroxylation is 1. The van der Waals surface area contributed by atoms with Gasteiger partial charge >= 0.3 is 5.97 Å². The van der Waals surface area contributed by atoms with Crippen LogP contribution in [0.25, 0.3) is 0 Å². The van der Waals surface area contributed by atoms with Crippen LogP contribution in [0, 0.1) is 0 Å². The molecule has 118 valence electrons. The van der Waals surface area contributed by atoms with E-state index in [0.717, 1.165) is 12.2 Å². The largest absolute Gasteiger partial charge is 0.491 e. The Balaban J connectivity index is 2.30. The highest BCUT2D eigenvalue weighted by Crippen LogP contribution is 2.13. The number of nitrogens with one attached hydrogen (secondary N) is 1. The third kappa shape index (κ3) is 6.60. The zero-order valence-corrected chi connectivity index (χ0v) is 13.0. The van der Waals surface area contributed by atoms with Gasteiger partial charge in [-0.2, -0.15) is 0 Å². The van der Waals surface area contributed by atoms with Crippen LogP contribution in [-0.4, -0.2) is 43.0 Å². The maximum absolute atomic E-state index is 11.4. The van der Waals surface area contributed by atoms with E-state index in [9.17, 15) is 9.90 Å². The minimum Gasteiger partial charge on any atom is -0.491 e. The lowest BCUT2D eigenvalue weighted by molar-refractivity contribution is -0.145. The third-order valence-electron chi connectivity index (χ3n) is 3.05. The topological polar surface area (TPSA) is 67.8 Å². The second kappa shape index (κ2) is 9.37. The molecule has 0 spiro atoms. The quantitative estimate of drug-likeness (QED) is 0.676. The van der Waals surface area contributed by atoms with Crippen molar-refractivity contribution in [1.82, 2.24) is 5.32 Å². The Kier molecular flexibility index (Phi) is 7.79. The summed E-state index contributed by atoms with van der Waals surface area (Å²) >= 11 is 0. The highest BCUT2D eigenvalue weighted by molar-refractivity contribution is 5.75. The lowest BCUT2D eigenvalue weighted by atomic mass is 10.2. The van der Waals surface area contributed by atoms with Gasteiger partial charge in [0.1, 0.15) is 24.5 Å². The Morgan fingerprint density at radius 1 is 1.38 bits per heavy atom. The van der Waals surface area contributed by atoms with E-state index >= 15 is 0 Å². The number of esters is 1. The highest BCUT2D eigenvalue weighted by atomic mass is 16.5. The van der Waals surface area contributed by atoms with Crippen LogP contribution in [0.15, 0.2) is 24.3 Å². The molecule has 0 heterocycles. The Hall–Kier alpha value is -1.59. The maximum atomic E-state index is 11.4. The van der Waals surface area contributed by atoms with Crippen molar-refractivity contribution in [2.75, 3.05) is 19.8 Å². The number of hydrogen-bond acceptors (Lipinski definition) is 5. The number of ether oxygens (including phenoxy) is 2. The molecule has 0 fully saturated rings. The lowest BCUT2D eigenvalue weighted by Crippen LogP contribution is -2.41. The van der Waals surface area contributed by atoms with Gasteiger partial charge in [0.25, 0.3) is 0 Å². The number of aliphatic hydroxyl groups is 1. The van der Waals surface area contributed by atoms with Gasteiger partial charge in [-0.05, 0) is 38.0 Å². The number of carbonyl (C=O) groups is 1. The van der Waals surface area contributed by atoms with Crippen molar-refractivity contribution in [3.05, 3.63) is 29.8 Å². The highest BCUT2D eigenvalue weighted by Gasteiger charge is 2.15. The van der Waals surface area contributed by atoms with Crippen LogP contribution in [0.5, 0.6) is 5.75 Å². The normalized spacial score (nSPS) is 13.5. The second-order valence-electron chi connectivity index (χ2n) is 4.85. The summed E-state index contributed by atoms with van der Waals surface area (Å²) < 4.78 is 10.4. The first kappa shape index (κ1) is 17.5. The molecule has 5 heteroatoms. The summed E-state index contributed by atoms with van der Waals surface area (Å²) in [6, 6.07) is 7.35. The predicted octanol–water partition coefficient (Wildman–Crippen LogP) is 1.53. The molecule has 0 aliphatic heterocycles. The molecule has 0 aromatic heterocycles. The molecule has 0 saturated carbocycles. The molecule has 0 aliphatic carbocycles. The van der Waals surface area contributed by atoms with Gasteiger partial charge in [-0.1, -0.05) is 19.1 Å². The van der Waals surface area contributed by atoms with Gasteiger partial charge in [0.15, 0.2) is 0 Å². The summed E-state index contributed by atoms with van der Waals surface area (Å²) in [5, 5.41) is 12.8. The molecule has 0 amide bonds. The second-order valence-corrected chi connectivity index (χ2v) is 4.85. The molecule has 5 nitrogen and oxygen atoms in total. The third-order valence-corrected chi connectivity index (χ3v) is 3.05.